The van der Waals surface area contributed by atoms with Gasteiger partial charge in [-0.1, -0.05) is 23.7 Å². The Morgan fingerprint density at radius 3 is 2.50 bits per heavy atom. The minimum absolute atomic E-state index is 0.185. The number of halogens is 4. The van der Waals surface area contributed by atoms with Crippen LogP contribution in [0.2, 0.25) is 5.02 Å². The molecule has 34 heavy (non-hydrogen) atoms. The van der Waals surface area contributed by atoms with E-state index in [0.717, 1.165) is 21.6 Å². The van der Waals surface area contributed by atoms with Crippen molar-refractivity contribution in [1.82, 2.24) is 9.88 Å². The lowest BCUT2D eigenvalue weighted by Crippen LogP contribution is -2.34. The average molecular weight is 516 g/mol. The van der Waals surface area contributed by atoms with Gasteiger partial charge in [-0.15, -0.1) is 24.5 Å². The Kier molecular flexibility index (Phi) is 9.54. The molecule has 1 heterocycles. The molecule has 0 aliphatic rings. The summed E-state index contributed by atoms with van der Waals surface area (Å²) in [4.78, 5) is 5.51. The smallest absolute Gasteiger partial charge is 0.406 e. The van der Waals surface area contributed by atoms with E-state index in [9.17, 15) is 18.3 Å². The molecule has 1 unspecified atom stereocenters. The van der Waals surface area contributed by atoms with Crippen molar-refractivity contribution in [2.24, 2.45) is 4.99 Å². The first-order valence-electron chi connectivity index (χ1n) is 10.4. The Balaban J connectivity index is 1.81. The van der Waals surface area contributed by atoms with E-state index in [2.05, 4.69) is 10.1 Å². The van der Waals surface area contributed by atoms with Crippen LogP contribution in [-0.4, -0.2) is 42.5 Å². The molecular weight excluding hydrogens is 491 g/mol. The van der Waals surface area contributed by atoms with Crippen molar-refractivity contribution in [3.05, 3.63) is 69.3 Å². The van der Waals surface area contributed by atoms with Crippen molar-refractivity contribution in [2.45, 2.75) is 32.1 Å². The number of nitrogens with zero attached hydrogens (tertiary/aromatic N) is 2. The molecule has 184 valence electrons. The number of hydrogen-bond acceptors (Lipinski definition) is 6. The molecule has 0 spiro atoms. The summed E-state index contributed by atoms with van der Waals surface area (Å²) in [5.41, 5.74) is 2.57. The number of alkyl halides is 3. The van der Waals surface area contributed by atoms with Crippen LogP contribution in [0.1, 0.15) is 12.0 Å². The summed E-state index contributed by atoms with van der Waals surface area (Å²) in [7, 11) is 1.51. The average Bonchev–Trinajstić information content (AvgIpc) is 3.18. The van der Waals surface area contributed by atoms with Crippen LogP contribution in [0.4, 0.5) is 13.2 Å². The highest BCUT2D eigenvalue weighted by Gasteiger charge is 2.31. The van der Waals surface area contributed by atoms with E-state index in [4.69, 9.17) is 21.3 Å². The number of methoxy groups -OCH3 is 1. The number of benzene rings is 2. The number of thiazole rings is 1. The normalized spacial score (nSPS) is 13.3. The highest BCUT2D eigenvalue weighted by Crippen LogP contribution is 2.27. The second kappa shape index (κ2) is 12.4. The van der Waals surface area contributed by atoms with Gasteiger partial charge in [0.05, 0.1) is 18.8 Å². The summed E-state index contributed by atoms with van der Waals surface area (Å²) in [5, 5.41) is 15.3. The van der Waals surface area contributed by atoms with Gasteiger partial charge in [0, 0.05) is 24.1 Å². The highest BCUT2D eigenvalue weighted by molar-refractivity contribution is 7.07. The zero-order valence-electron chi connectivity index (χ0n) is 18.4. The summed E-state index contributed by atoms with van der Waals surface area (Å²) in [6.45, 7) is 1.78. The van der Waals surface area contributed by atoms with Gasteiger partial charge in [0.25, 0.3) is 0 Å². The molecule has 3 rings (SSSR count). The molecule has 0 aliphatic carbocycles. The van der Waals surface area contributed by atoms with E-state index >= 15 is 0 Å². The Bertz CT molecular complexity index is 1100. The molecule has 0 bridgehead atoms. The maximum absolute atomic E-state index is 12.5. The van der Waals surface area contributed by atoms with Gasteiger partial charge < -0.3 is 19.1 Å². The fourth-order valence-corrected chi connectivity index (χ4v) is 4.26. The molecule has 0 saturated heterocycles. The van der Waals surface area contributed by atoms with Gasteiger partial charge in [-0.2, -0.15) is 0 Å². The molecule has 2 aromatic carbocycles. The Morgan fingerprint density at radius 1 is 1.15 bits per heavy atom. The SMILES string of the molecule is COCC(O)NCCCn1c(-c2ccc(OC(F)(F)F)cc2)csc1=NCc1ccc(Cl)cc1. The number of nitrogens with one attached hydrogen (secondary N) is 1. The molecule has 11 heteroatoms. The zero-order chi connectivity index (χ0) is 24.6. The lowest BCUT2D eigenvalue weighted by Gasteiger charge is -2.13. The molecule has 0 fully saturated rings. The van der Waals surface area contributed by atoms with Crippen molar-refractivity contribution >= 4 is 22.9 Å². The van der Waals surface area contributed by atoms with E-state index < -0.39 is 12.6 Å². The van der Waals surface area contributed by atoms with Gasteiger partial charge in [0.2, 0.25) is 0 Å². The van der Waals surface area contributed by atoms with E-state index in [1.54, 1.807) is 12.1 Å². The predicted molar refractivity (Wildman–Crippen MR) is 126 cm³/mol. The monoisotopic (exact) mass is 515 g/mol. The van der Waals surface area contributed by atoms with Crippen LogP contribution in [0.15, 0.2) is 58.9 Å². The van der Waals surface area contributed by atoms with Crippen LogP contribution in [0.25, 0.3) is 11.3 Å². The number of ether oxygens (including phenoxy) is 2. The van der Waals surface area contributed by atoms with Crippen molar-refractivity contribution in [3.63, 3.8) is 0 Å². The molecule has 6 nitrogen and oxygen atoms in total. The molecule has 1 aromatic heterocycles. The van der Waals surface area contributed by atoms with Gasteiger partial charge in [0.1, 0.15) is 12.0 Å². The Hall–Kier alpha value is -2.37. The maximum Gasteiger partial charge on any atom is 0.573 e. The van der Waals surface area contributed by atoms with Crippen molar-refractivity contribution < 1.29 is 27.8 Å². The third-order valence-corrected chi connectivity index (χ3v) is 5.91. The molecule has 2 N–H and O–H groups in total. The van der Waals surface area contributed by atoms with E-state index in [-0.39, 0.29) is 12.4 Å². The summed E-state index contributed by atoms with van der Waals surface area (Å²) < 4.78 is 48.3. The van der Waals surface area contributed by atoms with Crippen LogP contribution in [0.3, 0.4) is 0 Å². The largest absolute Gasteiger partial charge is 0.573 e. The number of aliphatic hydroxyl groups excluding tert-OH is 1. The van der Waals surface area contributed by atoms with E-state index in [0.29, 0.717) is 31.1 Å². The summed E-state index contributed by atoms with van der Waals surface area (Å²) in [6.07, 6.45) is -4.81. The van der Waals surface area contributed by atoms with Crippen LogP contribution < -0.4 is 14.9 Å². The zero-order valence-corrected chi connectivity index (χ0v) is 20.0. The molecule has 3 aromatic rings. The van der Waals surface area contributed by atoms with Crippen molar-refractivity contribution in [2.75, 3.05) is 20.3 Å². The van der Waals surface area contributed by atoms with Crippen LogP contribution in [0, 0.1) is 0 Å². The molecule has 1 atom stereocenters. The van der Waals surface area contributed by atoms with E-state index in [1.165, 1.54) is 30.6 Å². The van der Waals surface area contributed by atoms with Crippen LogP contribution >= 0.6 is 22.9 Å². The summed E-state index contributed by atoms with van der Waals surface area (Å²) in [5.74, 6) is -0.276. The van der Waals surface area contributed by atoms with Crippen molar-refractivity contribution in [1.29, 1.82) is 0 Å². The minimum atomic E-state index is -4.74. The number of aliphatic hydroxyl groups is 1. The first-order valence-corrected chi connectivity index (χ1v) is 11.7. The number of hydrogen-bond donors (Lipinski definition) is 2. The third-order valence-electron chi connectivity index (χ3n) is 4.75. The maximum atomic E-state index is 12.5. The summed E-state index contributed by atoms with van der Waals surface area (Å²) >= 11 is 7.40. The first-order chi connectivity index (χ1) is 16.2. The number of aromatic nitrogens is 1. The van der Waals surface area contributed by atoms with Gasteiger partial charge >= 0.3 is 6.36 Å². The Labute approximate surface area is 204 Å². The predicted octanol–water partition coefficient (Wildman–Crippen LogP) is 4.81. The lowest BCUT2D eigenvalue weighted by molar-refractivity contribution is -0.274. The molecule has 0 radical (unpaired) electrons. The van der Waals surface area contributed by atoms with Gasteiger partial charge in [0.15, 0.2) is 4.80 Å². The molecular formula is C23H25ClF3N3O3S. The quantitative estimate of drug-likeness (QED) is 0.284. The fraction of sp³-hybridized carbons (Fsp3) is 0.348. The van der Waals surface area contributed by atoms with Gasteiger partial charge in [-0.3, -0.25) is 10.3 Å². The van der Waals surface area contributed by atoms with Crippen molar-refractivity contribution in [3.8, 4) is 17.0 Å². The summed E-state index contributed by atoms with van der Waals surface area (Å²) in [6, 6.07) is 13.2. The molecule has 0 saturated carbocycles. The van der Waals surface area contributed by atoms with Gasteiger partial charge in [-0.05, 0) is 60.5 Å². The minimum Gasteiger partial charge on any atom is -0.406 e. The third kappa shape index (κ3) is 8.14. The molecule has 0 amide bonds. The van der Waals surface area contributed by atoms with E-state index in [1.807, 2.05) is 34.2 Å². The Morgan fingerprint density at radius 2 is 1.85 bits per heavy atom. The lowest BCUT2D eigenvalue weighted by atomic mass is 10.1. The highest BCUT2D eigenvalue weighted by atomic mass is 35.5. The second-order valence-corrected chi connectivity index (χ2v) is 8.62. The first kappa shape index (κ1) is 26.2. The van der Waals surface area contributed by atoms with Gasteiger partial charge in [-0.25, -0.2) is 0 Å². The number of rotatable bonds is 11. The fourth-order valence-electron chi connectivity index (χ4n) is 3.20. The standard InChI is InChI=1S/C23H25ClF3N3O3S/c1-32-14-21(31)28-11-2-12-30-20(17-5-9-19(10-6-17)33-23(25,26)27)15-34-22(30)29-13-16-3-7-18(24)8-4-16/h3-10,15,21,28,31H,2,11-14H2,1H3. The molecule has 0 aliphatic heterocycles. The topological polar surface area (TPSA) is 68.0 Å². The van der Waals surface area contributed by atoms with Crippen LogP contribution in [-0.2, 0) is 17.8 Å². The van der Waals surface area contributed by atoms with Crippen LogP contribution in [0.5, 0.6) is 5.75 Å². The second-order valence-electron chi connectivity index (χ2n) is 7.35.